The molecule has 29 heavy (non-hydrogen) atoms. The van der Waals surface area contributed by atoms with Gasteiger partial charge in [0.1, 0.15) is 19.0 Å². The number of carbonyl (C=O) groups is 2. The average molecular weight is 396 g/mol. The molecule has 2 aliphatic rings. The number of hydrogen-bond acceptors (Lipinski definition) is 6. The zero-order valence-electron chi connectivity index (χ0n) is 16.4. The van der Waals surface area contributed by atoms with E-state index in [1.165, 1.54) is 0 Å². The first-order valence-electron chi connectivity index (χ1n) is 9.87. The maximum Gasteiger partial charge on any atom is 0.317 e. The molecule has 1 heterocycles. The molecule has 0 radical (unpaired) electrons. The van der Waals surface area contributed by atoms with Crippen molar-refractivity contribution in [3.63, 3.8) is 0 Å². The van der Waals surface area contributed by atoms with Gasteiger partial charge in [-0.25, -0.2) is 0 Å². The summed E-state index contributed by atoms with van der Waals surface area (Å²) in [5, 5.41) is 0. The number of fused-ring (bicyclic) bond motifs is 1. The summed E-state index contributed by atoms with van der Waals surface area (Å²) < 4.78 is 21.9. The lowest BCUT2D eigenvalue weighted by molar-refractivity contribution is -0.149. The summed E-state index contributed by atoms with van der Waals surface area (Å²) >= 11 is 0. The summed E-state index contributed by atoms with van der Waals surface area (Å²) in [5.74, 6) is 1.32. The number of esters is 1. The molecule has 4 rings (SSSR count). The molecule has 1 fully saturated rings. The fourth-order valence-electron chi connectivity index (χ4n) is 4.08. The summed E-state index contributed by atoms with van der Waals surface area (Å²) in [5.41, 5.74) is 0.569. The van der Waals surface area contributed by atoms with Crippen LogP contribution in [0.4, 0.5) is 0 Å². The Morgan fingerprint density at radius 1 is 1.00 bits per heavy atom. The van der Waals surface area contributed by atoms with Gasteiger partial charge in [0.05, 0.1) is 12.5 Å². The fraction of sp³-hybridized carbons (Fsp3) is 0.391. The lowest BCUT2D eigenvalue weighted by Gasteiger charge is -2.28. The monoisotopic (exact) mass is 396 g/mol. The Balaban J connectivity index is 1.51. The summed E-state index contributed by atoms with van der Waals surface area (Å²) in [4.78, 5) is 25.6. The molecule has 2 aromatic rings. The van der Waals surface area contributed by atoms with Crippen molar-refractivity contribution in [3.8, 4) is 17.2 Å². The van der Waals surface area contributed by atoms with Gasteiger partial charge in [-0.15, -0.1) is 0 Å². The molecular formula is C23H24O6. The van der Waals surface area contributed by atoms with E-state index in [0.29, 0.717) is 48.9 Å². The van der Waals surface area contributed by atoms with Gasteiger partial charge in [0.25, 0.3) is 0 Å². The molecule has 0 aromatic heterocycles. The third kappa shape index (κ3) is 3.79. The molecule has 6 nitrogen and oxygen atoms in total. The molecule has 152 valence electrons. The predicted molar refractivity (Wildman–Crippen MR) is 106 cm³/mol. The topological polar surface area (TPSA) is 71.1 Å². The molecule has 0 saturated heterocycles. The molecule has 0 N–H and O–H groups in total. The first-order chi connectivity index (χ1) is 14.1. The SMILES string of the molecule is COc1cccc(C(=O)COC(=O)C2(c3ccc4c(c3)OCCO4)CCCC2)c1. The highest BCUT2D eigenvalue weighted by atomic mass is 16.6. The number of methoxy groups -OCH3 is 1. The van der Waals surface area contributed by atoms with Crippen molar-refractivity contribution in [2.75, 3.05) is 26.9 Å². The first kappa shape index (κ1) is 19.3. The van der Waals surface area contributed by atoms with Crippen LogP contribution >= 0.6 is 0 Å². The van der Waals surface area contributed by atoms with Crippen molar-refractivity contribution in [2.45, 2.75) is 31.1 Å². The maximum absolute atomic E-state index is 13.1. The smallest absolute Gasteiger partial charge is 0.317 e. The third-order valence-electron chi connectivity index (χ3n) is 5.67. The molecule has 0 amide bonds. The van der Waals surface area contributed by atoms with Crippen molar-refractivity contribution >= 4 is 11.8 Å². The van der Waals surface area contributed by atoms with Crippen LogP contribution in [0.15, 0.2) is 42.5 Å². The molecule has 0 bridgehead atoms. The Hall–Kier alpha value is -3.02. The minimum atomic E-state index is -0.746. The van der Waals surface area contributed by atoms with Crippen LogP contribution in [0.1, 0.15) is 41.6 Å². The van der Waals surface area contributed by atoms with E-state index in [2.05, 4.69) is 0 Å². The molecule has 0 unspecified atom stereocenters. The highest BCUT2D eigenvalue weighted by Crippen LogP contribution is 2.45. The molecular weight excluding hydrogens is 372 g/mol. The van der Waals surface area contributed by atoms with Crippen molar-refractivity contribution in [1.82, 2.24) is 0 Å². The zero-order chi connectivity index (χ0) is 20.3. The number of hydrogen-bond donors (Lipinski definition) is 0. The van der Waals surface area contributed by atoms with E-state index in [1.54, 1.807) is 31.4 Å². The second-order valence-corrected chi connectivity index (χ2v) is 7.38. The lowest BCUT2D eigenvalue weighted by atomic mass is 9.78. The number of ketones is 1. The van der Waals surface area contributed by atoms with Gasteiger partial charge in [-0.2, -0.15) is 0 Å². The van der Waals surface area contributed by atoms with E-state index >= 15 is 0 Å². The van der Waals surface area contributed by atoms with Crippen molar-refractivity contribution in [1.29, 1.82) is 0 Å². The highest BCUT2D eigenvalue weighted by Gasteiger charge is 2.45. The predicted octanol–water partition coefficient (Wildman–Crippen LogP) is 3.70. The number of carbonyl (C=O) groups excluding carboxylic acids is 2. The number of Topliss-reactive ketones (excluding diaryl/α,β-unsaturated/α-hetero) is 1. The van der Waals surface area contributed by atoms with Crippen molar-refractivity contribution in [2.24, 2.45) is 0 Å². The minimum Gasteiger partial charge on any atom is -0.497 e. The highest BCUT2D eigenvalue weighted by molar-refractivity contribution is 5.98. The molecule has 0 atom stereocenters. The number of ether oxygens (including phenoxy) is 4. The Morgan fingerprint density at radius 3 is 2.52 bits per heavy atom. The molecule has 1 aliphatic carbocycles. The van der Waals surface area contributed by atoms with Crippen molar-refractivity contribution in [3.05, 3.63) is 53.6 Å². The fourth-order valence-corrected chi connectivity index (χ4v) is 4.08. The van der Waals surface area contributed by atoms with Gasteiger partial charge in [-0.1, -0.05) is 31.0 Å². The normalized spacial score (nSPS) is 16.9. The summed E-state index contributed by atoms with van der Waals surface area (Å²) in [6.45, 7) is 0.715. The van der Waals surface area contributed by atoms with Crippen LogP contribution in [-0.4, -0.2) is 38.7 Å². The summed E-state index contributed by atoms with van der Waals surface area (Å²) in [7, 11) is 1.54. The number of rotatable bonds is 6. The molecule has 1 saturated carbocycles. The van der Waals surface area contributed by atoms with Gasteiger partial charge in [0.15, 0.2) is 23.9 Å². The van der Waals surface area contributed by atoms with Gasteiger partial charge in [0.2, 0.25) is 0 Å². The van der Waals surface area contributed by atoms with E-state index in [-0.39, 0.29) is 18.4 Å². The Bertz CT molecular complexity index is 913. The Kier molecular flexibility index (Phi) is 5.43. The van der Waals surface area contributed by atoms with Crippen LogP contribution in [0.5, 0.6) is 17.2 Å². The van der Waals surface area contributed by atoms with Crippen molar-refractivity contribution < 1.29 is 28.5 Å². The standard InChI is InChI=1S/C23H24O6/c1-26-18-6-4-5-16(13-18)19(24)15-29-22(25)23(9-2-3-10-23)17-7-8-20-21(14-17)28-12-11-27-20/h4-8,13-14H,2-3,9-12,15H2,1H3. The molecule has 0 spiro atoms. The Labute approximate surface area is 169 Å². The van der Waals surface area contributed by atoms with E-state index in [1.807, 2.05) is 18.2 Å². The van der Waals surface area contributed by atoms with Gasteiger partial charge >= 0.3 is 5.97 Å². The number of benzene rings is 2. The lowest BCUT2D eigenvalue weighted by Crippen LogP contribution is -2.36. The second-order valence-electron chi connectivity index (χ2n) is 7.38. The van der Waals surface area contributed by atoms with E-state index < -0.39 is 5.41 Å². The quantitative estimate of drug-likeness (QED) is 0.548. The average Bonchev–Trinajstić information content (AvgIpc) is 3.28. The largest absolute Gasteiger partial charge is 0.497 e. The van der Waals surface area contributed by atoms with Gasteiger partial charge in [0, 0.05) is 5.56 Å². The van der Waals surface area contributed by atoms with Crippen LogP contribution in [-0.2, 0) is 14.9 Å². The maximum atomic E-state index is 13.1. The van der Waals surface area contributed by atoms with Crippen LogP contribution in [0, 0.1) is 0 Å². The third-order valence-corrected chi connectivity index (χ3v) is 5.67. The van der Waals surface area contributed by atoms with Gasteiger partial charge < -0.3 is 18.9 Å². The summed E-state index contributed by atoms with van der Waals surface area (Å²) in [6.07, 6.45) is 3.26. The van der Waals surface area contributed by atoms with Crippen LogP contribution in [0.2, 0.25) is 0 Å². The second kappa shape index (κ2) is 8.15. The molecule has 6 heteroatoms. The minimum absolute atomic E-state index is 0.257. The van der Waals surface area contributed by atoms with Crippen LogP contribution in [0.3, 0.4) is 0 Å². The van der Waals surface area contributed by atoms with E-state index in [4.69, 9.17) is 18.9 Å². The Morgan fingerprint density at radius 2 is 1.76 bits per heavy atom. The van der Waals surface area contributed by atoms with Crippen LogP contribution in [0.25, 0.3) is 0 Å². The molecule has 1 aliphatic heterocycles. The van der Waals surface area contributed by atoms with Gasteiger partial charge in [-0.3, -0.25) is 9.59 Å². The van der Waals surface area contributed by atoms with E-state index in [0.717, 1.165) is 18.4 Å². The van der Waals surface area contributed by atoms with Gasteiger partial charge in [-0.05, 0) is 42.7 Å². The summed E-state index contributed by atoms with van der Waals surface area (Å²) in [6, 6.07) is 12.5. The van der Waals surface area contributed by atoms with E-state index in [9.17, 15) is 9.59 Å². The zero-order valence-corrected chi connectivity index (χ0v) is 16.4. The first-order valence-corrected chi connectivity index (χ1v) is 9.87. The molecule has 2 aromatic carbocycles. The van der Waals surface area contributed by atoms with Crippen LogP contribution < -0.4 is 14.2 Å².